The predicted octanol–water partition coefficient (Wildman–Crippen LogP) is 5.10. The summed E-state index contributed by atoms with van der Waals surface area (Å²) in [6.45, 7) is 4.59. The molecule has 6 rings (SSSR count). The lowest BCUT2D eigenvalue weighted by Crippen LogP contribution is -2.50. The lowest BCUT2D eigenvalue weighted by atomic mass is 9.49. The average Bonchev–Trinajstić information content (AvgIpc) is 3.00. The molecule has 0 aliphatic heterocycles. The highest BCUT2D eigenvalue weighted by Crippen LogP contribution is 2.60. The quantitative estimate of drug-likeness (QED) is 0.496. The minimum Gasteiger partial charge on any atom is -0.457 e. The summed E-state index contributed by atoms with van der Waals surface area (Å²) in [5.74, 6) is 1.86. The first-order chi connectivity index (χ1) is 14.4. The van der Waals surface area contributed by atoms with Gasteiger partial charge in [-0.05, 0) is 81.8 Å². The zero-order valence-corrected chi connectivity index (χ0v) is 18.0. The van der Waals surface area contributed by atoms with Crippen LogP contribution in [0.25, 0.3) is 0 Å². The number of ketones is 1. The van der Waals surface area contributed by atoms with Crippen molar-refractivity contribution in [2.45, 2.75) is 58.9 Å². The van der Waals surface area contributed by atoms with Crippen LogP contribution in [0.4, 0.5) is 0 Å². The van der Waals surface area contributed by atoms with Crippen molar-refractivity contribution in [1.29, 1.82) is 0 Å². The van der Waals surface area contributed by atoms with Gasteiger partial charge in [0.25, 0.3) is 0 Å². The molecule has 0 amide bonds. The van der Waals surface area contributed by atoms with Crippen LogP contribution in [0.5, 0.6) is 0 Å². The van der Waals surface area contributed by atoms with E-state index in [9.17, 15) is 9.59 Å². The van der Waals surface area contributed by atoms with E-state index in [-0.39, 0.29) is 23.8 Å². The first-order valence-corrected chi connectivity index (χ1v) is 11.3. The Bertz CT molecular complexity index is 936. The number of Topliss-reactive ketones (excluding diaryl/α,β-unsaturated/α-hetero) is 1. The first kappa shape index (κ1) is 19.6. The molecule has 4 bridgehead atoms. The Balaban J connectivity index is 1.26. The molecule has 2 aromatic rings. The molecule has 4 fully saturated rings. The van der Waals surface area contributed by atoms with E-state index in [1.54, 1.807) is 0 Å². The van der Waals surface area contributed by atoms with Gasteiger partial charge in [-0.2, -0.15) is 0 Å². The summed E-state index contributed by atoms with van der Waals surface area (Å²) < 4.78 is 7.82. The smallest absolute Gasteiger partial charge is 0.312 e. The summed E-state index contributed by atoms with van der Waals surface area (Å²) in [6, 6.07) is 12.2. The molecule has 0 N–H and O–H groups in total. The number of carbonyl (C=O) groups excluding carboxylic acids is 2. The molecule has 1 aromatic carbocycles. The molecule has 0 unspecified atom stereocenters. The number of nitrogens with zero attached hydrogens (tertiary/aromatic N) is 1. The largest absolute Gasteiger partial charge is 0.457 e. The van der Waals surface area contributed by atoms with Crippen molar-refractivity contribution in [2.75, 3.05) is 6.61 Å². The third-order valence-corrected chi connectivity index (χ3v) is 7.86. The fraction of sp³-hybridized carbons (Fsp3) is 0.538. The minimum atomic E-state index is -0.306. The molecule has 4 nitrogen and oxygen atoms in total. The number of aromatic nitrogens is 1. The normalized spacial score (nSPS) is 29.2. The van der Waals surface area contributed by atoms with E-state index in [1.165, 1.54) is 24.8 Å². The molecule has 0 saturated heterocycles. The second-order valence-electron chi connectivity index (χ2n) is 10.1. The molecule has 4 aliphatic carbocycles. The summed E-state index contributed by atoms with van der Waals surface area (Å²) in [7, 11) is 0. The van der Waals surface area contributed by atoms with Gasteiger partial charge in [-0.1, -0.05) is 30.3 Å². The van der Waals surface area contributed by atoms with Crippen LogP contribution in [-0.2, 0) is 16.1 Å². The fourth-order valence-electron chi connectivity index (χ4n) is 6.82. The monoisotopic (exact) mass is 405 g/mol. The Hall–Kier alpha value is -2.36. The van der Waals surface area contributed by atoms with Crippen LogP contribution in [0.3, 0.4) is 0 Å². The number of aryl methyl sites for hydroxylation is 1. The summed E-state index contributed by atoms with van der Waals surface area (Å²) in [4.78, 5) is 26.0. The van der Waals surface area contributed by atoms with Crippen molar-refractivity contribution in [3.63, 3.8) is 0 Å². The summed E-state index contributed by atoms with van der Waals surface area (Å²) in [5.41, 5.74) is 3.55. The molecule has 30 heavy (non-hydrogen) atoms. The molecule has 4 saturated carbocycles. The molecular formula is C26H31NO3. The van der Waals surface area contributed by atoms with Crippen LogP contribution in [0.1, 0.15) is 65.8 Å². The Morgan fingerprint density at radius 1 is 1.00 bits per heavy atom. The van der Waals surface area contributed by atoms with E-state index in [4.69, 9.17) is 4.74 Å². The highest BCUT2D eigenvalue weighted by Gasteiger charge is 2.55. The van der Waals surface area contributed by atoms with Gasteiger partial charge in [0.1, 0.15) is 0 Å². The van der Waals surface area contributed by atoms with Gasteiger partial charge in [-0.25, -0.2) is 0 Å². The van der Waals surface area contributed by atoms with Crippen molar-refractivity contribution in [2.24, 2.45) is 23.2 Å². The van der Waals surface area contributed by atoms with E-state index < -0.39 is 0 Å². The van der Waals surface area contributed by atoms with Gasteiger partial charge in [0.2, 0.25) is 5.78 Å². The number of hydrogen-bond donors (Lipinski definition) is 0. The van der Waals surface area contributed by atoms with Gasteiger partial charge in [0.15, 0.2) is 6.61 Å². The number of esters is 1. The SMILES string of the molecule is Cc1cc(C(=O)COC(=O)C23CC4CC(CC(C4)C2)C3)c(C)n1Cc1ccccc1. The first-order valence-electron chi connectivity index (χ1n) is 11.3. The Labute approximate surface area is 178 Å². The maximum atomic E-state index is 13.1. The zero-order chi connectivity index (χ0) is 20.9. The van der Waals surface area contributed by atoms with Gasteiger partial charge >= 0.3 is 5.97 Å². The highest BCUT2D eigenvalue weighted by molar-refractivity contribution is 5.99. The maximum Gasteiger partial charge on any atom is 0.312 e. The molecule has 0 atom stereocenters. The second kappa shape index (κ2) is 7.40. The average molecular weight is 406 g/mol. The minimum absolute atomic E-state index is 0.0968. The van der Waals surface area contributed by atoms with Gasteiger partial charge in [0.05, 0.1) is 5.41 Å². The third-order valence-electron chi connectivity index (χ3n) is 7.86. The number of ether oxygens (including phenoxy) is 1. The Morgan fingerprint density at radius 2 is 1.60 bits per heavy atom. The van der Waals surface area contributed by atoms with E-state index in [0.29, 0.717) is 23.3 Å². The number of hydrogen-bond acceptors (Lipinski definition) is 3. The van der Waals surface area contributed by atoms with Crippen molar-refractivity contribution < 1.29 is 14.3 Å². The number of carbonyl (C=O) groups is 2. The van der Waals surface area contributed by atoms with Crippen molar-refractivity contribution in [3.8, 4) is 0 Å². The molecule has 4 aliphatic rings. The molecular weight excluding hydrogens is 374 g/mol. The Kier molecular flexibility index (Phi) is 4.83. The lowest BCUT2D eigenvalue weighted by Gasteiger charge is -2.55. The van der Waals surface area contributed by atoms with Gasteiger partial charge in [0, 0.05) is 23.5 Å². The van der Waals surface area contributed by atoms with Crippen LogP contribution in [0.15, 0.2) is 36.4 Å². The number of benzene rings is 1. The van der Waals surface area contributed by atoms with Crippen LogP contribution < -0.4 is 0 Å². The molecule has 0 radical (unpaired) electrons. The van der Waals surface area contributed by atoms with Crippen LogP contribution >= 0.6 is 0 Å². The molecule has 158 valence electrons. The standard InChI is InChI=1S/C26H31NO3/c1-17-8-23(18(2)27(17)15-19-6-4-3-5-7-19)24(28)16-30-25(29)26-12-20-9-21(13-26)11-22(10-20)14-26/h3-8,20-22H,9-16H2,1-2H3. The van der Waals surface area contributed by atoms with E-state index in [1.807, 2.05) is 38.1 Å². The molecule has 0 spiro atoms. The van der Waals surface area contributed by atoms with Crippen molar-refractivity contribution >= 4 is 11.8 Å². The van der Waals surface area contributed by atoms with Crippen LogP contribution in [0.2, 0.25) is 0 Å². The zero-order valence-electron chi connectivity index (χ0n) is 18.0. The molecule has 1 heterocycles. The number of rotatable bonds is 6. The summed E-state index contributed by atoms with van der Waals surface area (Å²) >= 11 is 0. The topological polar surface area (TPSA) is 48.3 Å². The van der Waals surface area contributed by atoms with Gasteiger partial charge in [-0.3, -0.25) is 9.59 Å². The van der Waals surface area contributed by atoms with Crippen molar-refractivity contribution in [3.05, 3.63) is 58.9 Å². The van der Waals surface area contributed by atoms with E-state index in [0.717, 1.165) is 37.2 Å². The highest BCUT2D eigenvalue weighted by atomic mass is 16.5. The van der Waals surface area contributed by atoms with Crippen molar-refractivity contribution in [1.82, 2.24) is 4.57 Å². The van der Waals surface area contributed by atoms with Crippen LogP contribution in [-0.4, -0.2) is 22.9 Å². The maximum absolute atomic E-state index is 13.1. The molecule has 1 aromatic heterocycles. The van der Waals surface area contributed by atoms with E-state index in [2.05, 4.69) is 16.7 Å². The second-order valence-corrected chi connectivity index (χ2v) is 10.1. The molecule has 4 heteroatoms. The summed E-state index contributed by atoms with van der Waals surface area (Å²) in [5, 5.41) is 0. The predicted molar refractivity (Wildman–Crippen MR) is 115 cm³/mol. The third kappa shape index (κ3) is 3.40. The Morgan fingerprint density at radius 3 is 2.20 bits per heavy atom. The fourth-order valence-corrected chi connectivity index (χ4v) is 6.82. The van der Waals surface area contributed by atoms with Crippen LogP contribution in [0, 0.1) is 37.0 Å². The lowest BCUT2D eigenvalue weighted by molar-refractivity contribution is -0.170. The van der Waals surface area contributed by atoms with Gasteiger partial charge < -0.3 is 9.30 Å². The van der Waals surface area contributed by atoms with E-state index >= 15 is 0 Å². The van der Waals surface area contributed by atoms with Gasteiger partial charge in [-0.15, -0.1) is 0 Å². The summed E-state index contributed by atoms with van der Waals surface area (Å²) in [6.07, 6.45) is 6.78.